The smallest absolute Gasteiger partial charge is 0.113 e. The zero-order valence-corrected chi connectivity index (χ0v) is 13.0. The molecule has 1 heterocycles. The van der Waals surface area contributed by atoms with Crippen LogP contribution in [0.4, 0.5) is 0 Å². The fraction of sp³-hybridized carbons (Fsp3) is 0.750. The Labute approximate surface area is 107 Å². The van der Waals surface area contributed by atoms with E-state index in [1.807, 2.05) is 6.26 Å². The Morgan fingerprint density at radius 3 is 1.47 bits per heavy atom. The van der Waals surface area contributed by atoms with E-state index in [0.29, 0.717) is 0 Å². The van der Waals surface area contributed by atoms with Crippen molar-refractivity contribution >= 4 is 0 Å². The normalized spacial score (nSPS) is 14.2. The first-order valence-corrected chi connectivity index (χ1v) is 6.48. The van der Waals surface area contributed by atoms with Gasteiger partial charge in [-0.1, -0.05) is 62.3 Å². The molecule has 17 heavy (non-hydrogen) atoms. The second-order valence-electron chi connectivity index (χ2n) is 8.10. The minimum Gasteiger partial charge on any atom is -0.468 e. The van der Waals surface area contributed by atoms with Crippen LogP contribution >= 0.6 is 0 Å². The van der Waals surface area contributed by atoms with Crippen molar-refractivity contribution in [3.63, 3.8) is 0 Å². The van der Waals surface area contributed by atoms with Crippen molar-refractivity contribution in [3.05, 3.63) is 23.2 Å². The predicted octanol–water partition coefficient (Wildman–Crippen LogP) is 5.17. The van der Waals surface area contributed by atoms with Crippen molar-refractivity contribution in [2.24, 2.45) is 0 Å². The van der Waals surface area contributed by atoms with Crippen molar-refractivity contribution < 1.29 is 4.42 Å². The number of hydrogen-bond donors (Lipinski definition) is 0. The van der Waals surface area contributed by atoms with Crippen LogP contribution in [-0.2, 0) is 16.2 Å². The van der Waals surface area contributed by atoms with Crippen LogP contribution in [0.5, 0.6) is 0 Å². The van der Waals surface area contributed by atoms with Gasteiger partial charge in [0.1, 0.15) is 5.76 Å². The molecule has 0 aromatic carbocycles. The van der Waals surface area contributed by atoms with Crippen LogP contribution in [0.3, 0.4) is 0 Å². The maximum atomic E-state index is 5.91. The average molecular weight is 236 g/mol. The molecule has 0 aliphatic rings. The van der Waals surface area contributed by atoms with Crippen LogP contribution in [0.1, 0.15) is 79.2 Å². The second kappa shape index (κ2) is 3.90. The van der Waals surface area contributed by atoms with Gasteiger partial charge in [0.25, 0.3) is 0 Å². The molecule has 0 amide bonds. The van der Waals surface area contributed by atoms with Crippen molar-refractivity contribution in [3.8, 4) is 0 Å². The molecule has 1 nitrogen and oxygen atoms in total. The first kappa shape index (κ1) is 14.3. The molecular weight excluding hydrogens is 208 g/mol. The first-order valence-electron chi connectivity index (χ1n) is 6.48. The van der Waals surface area contributed by atoms with Crippen LogP contribution in [0.2, 0.25) is 0 Å². The summed E-state index contributed by atoms with van der Waals surface area (Å²) in [6.07, 6.45) is 1.96. The summed E-state index contributed by atoms with van der Waals surface area (Å²) < 4.78 is 5.91. The SMILES string of the molecule is CC(C)(C)c1coc(C(C)(C)C)c1C(C)(C)C. The summed E-state index contributed by atoms with van der Waals surface area (Å²) in [4.78, 5) is 0. The first-order chi connectivity index (χ1) is 7.35. The van der Waals surface area contributed by atoms with E-state index in [9.17, 15) is 0 Å². The van der Waals surface area contributed by atoms with E-state index in [4.69, 9.17) is 4.42 Å². The number of rotatable bonds is 0. The van der Waals surface area contributed by atoms with Crippen LogP contribution < -0.4 is 0 Å². The zero-order chi connectivity index (χ0) is 13.6. The van der Waals surface area contributed by atoms with Crippen molar-refractivity contribution in [2.45, 2.75) is 78.6 Å². The Kier molecular flexibility index (Phi) is 3.29. The lowest BCUT2D eigenvalue weighted by Gasteiger charge is -2.29. The van der Waals surface area contributed by atoms with Crippen LogP contribution in [0, 0.1) is 0 Å². The fourth-order valence-electron chi connectivity index (χ4n) is 2.21. The highest BCUT2D eigenvalue weighted by Crippen LogP contribution is 2.41. The summed E-state index contributed by atoms with van der Waals surface area (Å²) in [7, 11) is 0. The molecule has 0 aliphatic carbocycles. The van der Waals surface area contributed by atoms with E-state index in [1.165, 1.54) is 11.1 Å². The molecule has 1 rings (SSSR count). The molecule has 0 N–H and O–H groups in total. The third-order valence-electron chi connectivity index (χ3n) is 3.03. The highest BCUT2D eigenvalue weighted by molar-refractivity contribution is 5.41. The van der Waals surface area contributed by atoms with Crippen LogP contribution in [-0.4, -0.2) is 0 Å². The molecule has 0 fully saturated rings. The summed E-state index contributed by atoms with van der Waals surface area (Å²) >= 11 is 0. The predicted molar refractivity (Wildman–Crippen MR) is 74.8 cm³/mol. The molecular formula is C16H28O. The molecule has 98 valence electrons. The molecule has 0 saturated carbocycles. The molecule has 0 radical (unpaired) electrons. The Morgan fingerprint density at radius 1 is 0.706 bits per heavy atom. The summed E-state index contributed by atoms with van der Waals surface area (Å²) in [5, 5.41) is 0. The highest BCUT2D eigenvalue weighted by atomic mass is 16.3. The third kappa shape index (κ3) is 2.94. The van der Waals surface area contributed by atoms with Crippen molar-refractivity contribution in [1.82, 2.24) is 0 Å². The maximum absolute atomic E-state index is 5.91. The minimum absolute atomic E-state index is 0.0616. The lowest BCUT2D eigenvalue weighted by Crippen LogP contribution is -2.24. The van der Waals surface area contributed by atoms with Gasteiger partial charge in [0.05, 0.1) is 6.26 Å². The van der Waals surface area contributed by atoms with Gasteiger partial charge in [0.15, 0.2) is 0 Å². The molecule has 0 atom stereocenters. The summed E-state index contributed by atoms with van der Waals surface area (Å²) in [6.45, 7) is 20.2. The summed E-state index contributed by atoms with van der Waals surface area (Å²) in [5.41, 5.74) is 3.05. The van der Waals surface area contributed by atoms with Gasteiger partial charge in [-0.2, -0.15) is 0 Å². The van der Waals surface area contributed by atoms with E-state index in [0.717, 1.165) is 5.76 Å². The third-order valence-corrected chi connectivity index (χ3v) is 3.03. The molecule has 0 saturated heterocycles. The zero-order valence-electron chi connectivity index (χ0n) is 13.0. The van der Waals surface area contributed by atoms with Gasteiger partial charge in [-0.25, -0.2) is 0 Å². The quantitative estimate of drug-likeness (QED) is 0.605. The maximum Gasteiger partial charge on any atom is 0.113 e. The second-order valence-corrected chi connectivity index (χ2v) is 8.10. The number of hydrogen-bond acceptors (Lipinski definition) is 1. The monoisotopic (exact) mass is 236 g/mol. The van der Waals surface area contributed by atoms with Gasteiger partial charge in [0.2, 0.25) is 0 Å². The topological polar surface area (TPSA) is 13.1 Å². The van der Waals surface area contributed by atoms with E-state index in [2.05, 4.69) is 62.3 Å². The molecule has 0 spiro atoms. The lowest BCUT2D eigenvalue weighted by molar-refractivity contribution is 0.392. The molecule has 0 bridgehead atoms. The highest BCUT2D eigenvalue weighted by Gasteiger charge is 2.34. The van der Waals surface area contributed by atoms with E-state index >= 15 is 0 Å². The summed E-state index contributed by atoms with van der Waals surface area (Å²) in [5.74, 6) is 1.13. The molecule has 0 aliphatic heterocycles. The van der Waals surface area contributed by atoms with Crippen molar-refractivity contribution in [1.29, 1.82) is 0 Å². The van der Waals surface area contributed by atoms with Gasteiger partial charge < -0.3 is 4.42 Å². The van der Waals surface area contributed by atoms with Gasteiger partial charge >= 0.3 is 0 Å². The molecule has 1 aromatic rings. The number of furan rings is 1. The fourth-order valence-corrected chi connectivity index (χ4v) is 2.21. The standard InChI is InChI=1S/C16H28O/c1-14(2,3)11-10-17-13(16(7,8)9)12(11)15(4,5)6/h10H,1-9H3. The minimum atomic E-state index is 0.0616. The Bertz CT molecular complexity index is 357. The Balaban J connectivity index is 3.53. The molecule has 1 aromatic heterocycles. The van der Waals surface area contributed by atoms with Gasteiger partial charge in [0, 0.05) is 11.0 Å². The van der Waals surface area contributed by atoms with Crippen LogP contribution in [0.25, 0.3) is 0 Å². The van der Waals surface area contributed by atoms with Gasteiger partial charge in [-0.3, -0.25) is 0 Å². The summed E-state index contributed by atoms with van der Waals surface area (Å²) in [6, 6.07) is 0. The van der Waals surface area contributed by atoms with Crippen LogP contribution in [0.15, 0.2) is 10.7 Å². The lowest BCUT2D eigenvalue weighted by atomic mass is 9.73. The van der Waals surface area contributed by atoms with E-state index < -0.39 is 0 Å². The molecule has 1 heteroatoms. The van der Waals surface area contributed by atoms with Crippen molar-refractivity contribution in [2.75, 3.05) is 0 Å². The Morgan fingerprint density at radius 2 is 1.18 bits per heavy atom. The van der Waals surface area contributed by atoms with Gasteiger partial charge in [-0.05, 0) is 16.4 Å². The van der Waals surface area contributed by atoms with Gasteiger partial charge in [-0.15, -0.1) is 0 Å². The van der Waals surface area contributed by atoms with E-state index in [1.54, 1.807) is 0 Å². The average Bonchev–Trinajstić information content (AvgIpc) is 2.42. The largest absolute Gasteiger partial charge is 0.468 e. The molecule has 0 unspecified atom stereocenters. The Hall–Kier alpha value is -0.720. The van der Waals surface area contributed by atoms with E-state index in [-0.39, 0.29) is 16.2 Å².